The SMILES string of the molecule is CC(C)(C)OC(=O)N1CCC[C@H]1C(=O)N1CCCC1. The fourth-order valence-electron chi connectivity index (χ4n) is 2.71. The standard InChI is InChI=1S/C14H24N2O3/c1-14(2,3)19-13(18)16-10-6-7-11(16)12(17)15-8-4-5-9-15/h11H,4-10H2,1-3H3/t11-/m0/s1. The first-order valence-corrected chi connectivity index (χ1v) is 7.17. The van der Waals surface area contributed by atoms with E-state index >= 15 is 0 Å². The number of amides is 2. The first-order valence-electron chi connectivity index (χ1n) is 7.17. The van der Waals surface area contributed by atoms with Crippen LogP contribution >= 0.6 is 0 Å². The molecule has 0 bridgehead atoms. The minimum absolute atomic E-state index is 0.0980. The molecule has 0 unspecified atom stereocenters. The van der Waals surface area contributed by atoms with E-state index in [9.17, 15) is 9.59 Å². The van der Waals surface area contributed by atoms with E-state index in [1.807, 2.05) is 25.7 Å². The van der Waals surface area contributed by atoms with Crippen LogP contribution in [0.1, 0.15) is 46.5 Å². The third-order valence-corrected chi connectivity index (χ3v) is 3.58. The predicted molar refractivity (Wildman–Crippen MR) is 71.8 cm³/mol. The van der Waals surface area contributed by atoms with Gasteiger partial charge in [-0.15, -0.1) is 0 Å². The Balaban J connectivity index is 2.00. The highest BCUT2D eigenvalue weighted by atomic mass is 16.6. The molecule has 19 heavy (non-hydrogen) atoms. The molecular weight excluding hydrogens is 244 g/mol. The zero-order valence-corrected chi connectivity index (χ0v) is 12.1. The Morgan fingerprint density at radius 3 is 2.26 bits per heavy atom. The molecule has 0 aromatic heterocycles. The van der Waals surface area contributed by atoms with E-state index in [4.69, 9.17) is 4.74 Å². The van der Waals surface area contributed by atoms with Gasteiger partial charge in [-0.1, -0.05) is 0 Å². The van der Waals surface area contributed by atoms with Crippen molar-refractivity contribution < 1.29 is 14.3 Å². The van der Waals surface area contributed by atoms with Crippen LogP contribution in [0.15, 0.2) is 0 Å². The third kappa shape index (κ3) is 3.39. The molecule has 2 aliphatic rings. The lowest BCUT2D eigenvalue weighted by Gasteiger charge is -2.30. The number of rotatable bonds is 1. The maximum Gasteiger partial charge on any atom is 0.410 e. The average Bonchev–Trinajstić information content (AvgIpc) is 2.97. The molecule has 2 amide bonds. The lowest BCUT2D eigenvalue weighted by atomic mass is 10.2. The maximum absolute atomic E-state index is 12.4. The Hall–Kier alpha value is -1.26. The van der Waals surface area contributed by atoms with Crippen LogP contribution in [0, 0.1) is 0 Å². The zero-order chi connectivity index (χ0) is 14.0. The predicted octanol–water partition coefficient (Wildman–Crippen LogP) is 2.01. The molecule has 0 aliphatic carbocycles. The summed E-state index contributed by atoms with van der Waals surface area (Å²) in [7, 11) is 0. The van der Waals surface area contributed by atoms with E-state index in [1.54, 1.807) is 4.90 Å². The van der Waals surface area contributed by atoms with Crippen molar-refractivity contribution in [2.24, 2.45) is 0 Å². The summed E-state index contributed by atoms with van der Waals surface area (Å²) >= 11 is 0. The summed E-state index contributed by atoms with van der Waals surface area (Å²) in [6.45, 7) is 7.82. The highest BCUT2D eigenvalue weighted by Crippen LogP contribution is 2.23. The topological polar surface area (TPSA) is 49.9 Å². The van der Waals surface area contributed by atoms with Crippen LogP contribution < -0.4 is 0 Å². The number of nitrogens with zero attached hydrogens (tertiary/aromatic N) is 2. The molecule has 0 saturated carbocycles. The van der Waals surface area contributed by atoms with Gasteiger partial charge in [0, 0.05) is 19.6 Å². The van der Waals surface area contributed by atoms with E-state index in [0.29, 0.717) is 6.54 Å². The van der Waals surface area contributed by atoms with Gasteiger partial charge in [0.05, 0.1) is 0 Å². The van der Waals surface area contributed by atoms with Crippen molar-refractivity contribution >= 4 is 12.0 Å². The molecule has 5 nitrogen and oxygen atoms in total. The summed E-state index contributed by atoms with van der Waals surface area (Å²) in [5.74, 6) is 0.0980. The third-order valence-electron chi connectivity index (χ3n) is 3.58. The van der Waals surface area contributed by atoms with Gasteiger partial charge in [0.15, 0.2) is 0 Å². The van der Waals surface area contributed by atoms with Crippen LogP contribution in [0.3, 0.4) is 0 Å². The van der Waals surface area contributed by atoms with Gasteiger partial charge in [0.25, 0.3) is 0 Å². The fourth-order valence-corrected chi connectivity index (χ4v) is 2.71. The van der Waals surface area contributed by atoms with Crippen molar-refractivity contribution in [1.82, 2.24) is 9.80 Å². The molecule has 2 rings (SSSR count). The summed E-state index contributed by atoms with van der Waals surface area (Å²) < 4.78 is 5.38. The fraction of sp³-hybridized carbons (Fsp3) is 0.857. The van der Waals surface area contributed by atoms with E-state index in [1.165, 1.54) is 0 Å². The quantitative estimate of drug-likeness (QED) is 0.731. The van der Waals surface area contributed by atoms with Crippen LogP contribution in [0.25, 0.3) is 0 Å². The Labute approximate surface area is 114 Å². The second-order valence-electron chi connectivity index (χ2n) is 6.36. The van der Waals surface area contributed by atoms with Crippen molar-refractivity contribution in [3.8, 4) is 0 Å². The molecule has 1 atom stereocenters. The number of likely N-dealkylation sites (tertiary alicyclic amines) is 2. The molecule has 5 heteroatoms. The van der Waals surface area contributed by atoms with Gasteiger partial charge in [0.2, 0.25) is 5.91 Å². The molecule has 2 saturated heterocycles. The molecule has 0 N–H and O–H groups in total. The zero-order valence-electron chi connectivity index (χ0n) is 12.1. The average molecular weight is 268 g/mol. The Morgan fingerprint density at radius 2 is 1.68 bits per heavy atom. The molecule has 108 valence electrons. The van der Waals surface area contributed by atoms with Gasteiger partial charge >= 0.3 is 6.09 Å². The van der Waals surface area contributed by atoms with Crippen molar-refractivity contribution in [3.63, 3.8) is 0 Å². The van der Waals surface area contributed by atoms with Gasteiger partial charge in [-0.3, -0.25) is 9.69 Å². The molecule has 0 aromatic carbocycles. The van der Waals surface area contributed by atoms with Crippen LogP contribution in [0.5, 0.6) is 0 Å². The van der Waals surface area contributed by atoms with Crippen molar-refractivity contribution in [2.45, 2.75) is 58.1 Å². The van der Waals surface area contributed by atoms with Gasteiger partial charge < -0.3 is 9.64 Å². The normalized spacial score (nSPS) is 23.8. The Bertz CT molecular complexity index is 356. The van der Waals surface area contributed by atoms with Crippen molar-refractivity contribution in [1.29, 1.82) is 0 Å². The molecule has 2 aliphatic heterocycles. The lowest BCUT2D eigenvalue weighted by Crippen LogP contribution is -2.48. The molecule has 0 aromatic rings. The number of hydrogen-bond donors (Lipinski definition) is 0. The van der Waals surface area contributed by atoms with Gasteiger partial charge in [-0.05, 0) is 46.5 Å². The second-order valence-corrected chi connectivity index (χ2v) is 6.36. The maximum atomic E-state index is 12.4. The Kier molecular flexibility index (Phi) is 4.02. The van der Waals surface area contributed by atoms with Crippen LogP contribution in [0.4, 0.5) is 4.79 Å². The minimum Gasteiger partial charge on any atom is -0.444 e. The summed E-state index contributed by atoms with van der Waals surface area (Å²) in [4.78, 5) is 28.0. The van der Waals surface area contributed by atoms with Gasteiger partial charge in [0.1, 0.15) is 11.6 Å². The van der Waals surface area contributed by atoms with Gasteiger partial charge in [-0.2, -0.15) is 0 Å². The molecule has 0 radical (unpaired) electrons. The van der Waals surface area contributed by atoms with Crippen LogP contribution in [0.2, 0.25) is 0 Å². The number of hydrogen-bond acceptors (Lipinski definition) is 3. The molecule has 2 heterocycles. The first-order chi connectivity index (χ1) is 8.88. The van der Waals surface area contributed by atoms with Gasteiger partial charge in [-0.25, -0.2) is 4.79 Å². The van der Waals surface area contributed by atoms with Crippen LogP contribution in [-0.4, -0.2) is 53.1 Å². The highest BCUT2D eigenvalue weighted by Gasteiger charge is 2.38. The highest BCUT2D eigenvalue weighted by molar-refractivity contribution is 5.86. The van der Waals surface area contributed by atoms with Crippen LogP contribution in [-0.2, 0) is 9.53 Å². The van der Waals surface area contributed by atoms with E-state index in [-0.39, 0.29) is 18.0 Å². The van der Waals surface area contributed by atoms with Crippen molar-refractivity contribution in [3.05, 3.63) is 0 Å². The van der Waals surface area contributed by atoms with E-state index < -0.39 is 5.60 Å². The summed E-state index contributed by atoms with van der Waals surface area (Å²) in [5.41, 5.74) is -0.513. The summed E-state index contributed by atoms with van der Waals surface area (Å²) in [6.07, 6.45) is 3.43. The number of carbonyl (C=O) groups excluding carboxylic acids is 2. The number of carbonyl (C=O) groups is 2. The summed E-state index contributed by atoms with van der Waals surface area (Å²) in [5, 5.41) is 0. The van der Waals surface area contributed by atoms with E-state index in [2.05, 4.69) is 0 Å². The molecule has 0 spiro atoms. The summed E-state index contributed by atoms with van der Waals surface area (Å²) in [6, 6.07) is -0.312. The lowest BCUT2D eigenvalue weighted by molar-refractivity contribution is -0.134. The Morgan fingerprint density at radius 1 is 1.05 bits per heavy atom. The van der Waals surface area contributed by atoms with E-state index in [0.717, 1.165) is 38.8 Å². The monoisotopic (exact) mass is 268 g/mol. The van der Waals surface area contributed by atoms with Crippen molar-refractivity contribution in [2.75, 3.05) is 19.6 Å². The smallest absolute Gasteiger partial charge is 0.410 e. The number of ether oxygens (including phenoxy) is 1. The first kappa shape index (κ1) is 14.2. The largest absolute Gasteiger partial charge is 0.444 e. The second kappa shape index (κ2) is 5.39. The molecular formula is C14H24N2O3. The molecule has 2 fully saturated rings. The minimum atomic E-state index is -0.513.